The second-order valence-corrected chi connectivity index (χ2v) is 8.52. The fourth-order valence-electron chi connectivity index (χ4n) is 3.82. The van der Waals surface area contributed by atoms with Crippen LogP contribution in [0.1, 0.15) is 24.0 Å². The Kier molecular flexibility index (Phi) is 5.80. The topological polar surface area (TPSA) is 88.1 Å². The van der Waals surface area contributed by atoms with Gasteiger partial charge < -0.3 is 9.30 Å². The van der Waals surface area contributed by atoms with E-state index in [-0.39, 0.29) is 30.4 Å². The number of fused-ring (bicyclic) bond motifs is 2. The smallest absolute Gasteiger partial charge is 0.332 e. The third-order valence-electron chi connectivity index (χ3n) is 5.42. The van der Waals surface area contributed by atoms with E-state index in [1.807, 2.05) is 0 Å². The summed E-state index contributed by atoms with van der Waals surface area (Å²) < 4.78 is 9.40. The van der Waals surface area contributed by atoms with Crippen LogP contribution < -0.4 is 11.2 Å². The number of hydrogen-bond donors (Lipinski definition) is 0. The zero-order valence-electron chi connectivity index (χ0n) is 17.1. The number of hydrogen-bond acceptors (Lipinski definition) is 6. The van der Waals surface area contributed by atoms with Crippen LogP contribution in [0.4, 0.5) is 0 Å². The van der Waals surface area contributed by atoms with Crippen molar-refractivity contribution in [2.24, 2.45) is 14.1 Å². The maximum absolute atomic E-state index is 12.6. The number of ether oxygens (including phenoxy) is 1. The van der Waals surface area contributed by atoms with Crippen LogP contribution in [0.2, 0.25) is 0 Å². The van der Waals surface area contributed by atoms with Gasteiger partial charge in [0.05, 0.1) is 18.7 Å². The van der Waals surface area contributed by atoms with E-state index in [9.17, 15) is 14.4 Å². The molecule has 1 aliphatic rings. The number of esters is 1. The summed E-state index contributed by atoms with van der Waals surface area (Å²) in [4.78, 5) is 42.3. The van der Waals surface area contributed by atoms with E-state index in [1.165, 1.54) is 40.2 Å². The molecule has 9 heteroatoms. The Hall–Kier alpha value is -2.81. The van der Waals surface area contributed by atoms with Crippen molar-refractivity contribution in [2.75, 3.05) is 12.4 Å². The summed E-state index contributed by atoms with van der Waals surface area (Å²) in [6.07, 6.45) is 5.34. The lowest BCUT2D eigenvalue weighted by molar-refractivity contribution is -0.140. The molecule has 0 radical (unpaired) electrons. The first-order valence-corrected chi connectivity index (χ1v) is 11.0. The number of rotatable bonds is 7. The van der Waals surface area contributed by atoms with Gasteiger partial charge in [-0.15, -0.1) is 11.8 Å². The number of thioether (sulfide) groups is 1. The molecular weight excluding hydrogens is 404 g/mol. The third kappa shape index (κ3) is 3.94. The molecule has 0 amide bonds. The van der Waals surface area contributed by atoms with Crippen molar-refractivity contribution in [1.82, 2.24) is 18.7 Å². The van der Waals surface area contributed by atoms with E-state index >= 15 is 0 Å². The van der Waals surface area contributed by atoms with Gasteiger partial charge in [0.2, 0.25) is 0 Å². The summed E-state index contributed by atoms with van der Waals surface area (Å²) in [6, 6.07) is 6.36. The molecule has 0 saturated heterocycles. The average molecular weight is 429 g/mol. The van der Waals surface area contributed by atoms with Gasteiger partial charge in [0.1, 0.15) is 0 Å². The molecule has 158 valence electrons. The highest BCUT2D eigenvalue weighted by molar-refractivity contribution is 8.00. The highest BCUT2D eigenvalue weighted by Crippen LogP contribution is 2.27. The van der Waals surface area contributed by atoms with E-state index in [4.69, 9.17) is 4.74 Å². The van der Waals surface area contributed by atoms with Crippen molar-refractivity contribution in [3.05, 3.63) is 56.5 Å². The maximum Gasteiger partial charge on any atom is 0.332 e. The van der Waals surface area contributed by atoms with Crippen LogP contribution in [-0.4, -0.2) is 37.0 Å². The molecule has 30 heavy (non-hydrogen) atoms. The number of benzene rings is 1. The Balaban J connectivity index is 1.30. The van der Waals surface area contributed by atoms with Gasteiger partial charge in [-0.2, -0.15) is 0 Å². The summed E-state index contributed by atoms with van der Waals surface area (Å²) in [5, 5.41) is 0. The number of imidazole rings is 1. The molecule has 3 aromatic rings. The lowest BCUT2D eigenvalue weighted by Crippen LogP contribution is -2.39. The van der Waals surface area contributed by atoms with Crippen molar-refractivity contribution in [3.63, 3.8) is 0 Å². The van der Waals surface area contributed by atoms with Crippen molar-refractivity contribution >= 4 is 28.9 Å². The molecule has 0 unspecified atom stereocenters. The summed E-state index contributed by atoms with van der Waals surface area (Å²) in [5.41, 5.74) is 2.72. The monoisotopic (exact) mass is 428 g/mol. The Morgan fingerprint density at radius 2 is 2.00 bits per heavy atom. The summed E-state index contributed by atoms with van der Waals surface area (Å²) in [7, 11) is 3.30. The number of aryl methyl sites for hydroxylation is 4. The Morgan fingerprint density at radius 1 is 1.20 bits per heavy atom. The van der Waals surface area contributed by atoms with Crippen LogP contribution in [0, 0.1) is 0 Å². The van der Waals surface area contributed by atoms with Gasteiger partial charge in [-0.3, -0.25) is 18.7 Å². The largest absolute Gasteiger partial charge is 0.465 e. The minimum atomic E-state index is -0.426. The summed E-state index contributed by atoms with van der Waals surface area (Å²) in [6.45, 7) is 0.334. The highest BCUT2D eigenvalue weighted by atomic mass is 32.2. The minimum absolute atomic E-state index is 0.155. The Morgan fingerprint density at radius 3 is 2.83 bits per heavy atom. The number of nitrogens with zero attached hydrogens (tertiary/aromatic N) is 4. The fraction of sp³-hybridized carbons (Fsp3) is 0.429. The van der Waals surface area contributed by atoms with Gasteiger partial charge in [0.15, 0.2) is 11.2 Å². The van der Waals surface area contributed by atoms with Crippen molar-refractivity contribution in [3.8, 4) is 0 Å². The maximum atomic E-state index is 12.6. The van der Waals surface area contributed by atoms with Gasteiger partial charge in [0.25, 0.3) is 5.56 Å². The molecule has 8 nitrogen and oxygen atoms in total. The second kappa shape index (κ2) is 8.51. The van der Waals surface area contributed by atoms with Crippen LogP contribution in [0.15, 0.2) is 39.0 Å². The van der Waals surface area contributed by atoms with Gasteiger partial charge in [0, 0.05) is 25.5 Å². The van der Waals surface area contributed by atoms with Crippen molar-refractivity contribution in [1.29, 1.82) is 0 Å². The molecule has 1 aliphatic carbocycles. The summed E-state index contributed by atoms with van der Waals surface area (Å²) >= 11 is 1.47. The summed E-state index contributed by atoms with van der Waals surface area (Å²) in [5.74, 6) is -0.0654. The molecule has 0 bridgehead atoms. The average Bonchev–Trinajstić information content (AvgIpc) is 3.36. The second-order valence-electron chi connectivity index (χ2n) is 7.47. The Labute approximate surface area is 177 Å². The van der Waals surface area contributed by atoms with Crippen molar-refractivity contribution < 1.29 is 9.53 Å². The van der Waals surface area contributed by atoms with E-state index in [2.05, 4.69) is 23.2 Å². The predicted molar refractivity (Wildman–Crippen MR) is 115 cm³/mol. The fourth-order valence-corrected chi connectivity index (χ4v) is 4.58. The molecule has 2 heterocycles. The van der Waals surface area contributed by atoms with Gasteiger partial charge in [-0.05, 0) is 48.9 Å². The first kappa shape index (κ1) is 20.5. The van der Waals surface area contributed by atoms with E-state index in [0.29, 0.717) is 17.6 Å². The molecule has 0 spiro atoms. The minimum Gasteiger partial charge on any atom is -0.465 e. The van der Waals surface area contributed by atoms with Gasteiger partial charge in [-0.1, -0.05) is 6.07 Å². The lowest BCUT2D eigenvalue weighted by Gasteiger charge is -2.09. The molecule has 0 aliphatic heterocycles. The van der Waals surface area contributed by atoms with Crippen molar-refractivity contribution in [2.45, 2.75) is 37.1 Å². The quantitative estimate of drug-likeness (QED) is 0.323. The molecule has 4 rings (SSSR count). The first-order chi connectivity index (χ1) is 14.5. The predicted octanol–water partition coefficient (Wildman–Crippen LogP) is 1.65. The number of carbonyl (C=O) groups excluding carboxylic acids is 1. The molecule has 0 saturated carbocycles. The SMILES string of the molecule is Cn1cnc2c1c(=O)n(CCCOC(=O)CSc1ccc3c(c1)CCC3)c(=O)n2C. The standard InChI is InChI=1S/C21H24N4O4S/c1-23-13-22-19-18(23)20(27)25(21(28)24(19)2)9-4-10-29-17(26)12-30-16-8-7-14-5-3-6-15(14)11-16/h7-8,11,13H,3-6,9-10,12H2,1-2H3. The van der Waals surface area contributed by atoms with Gasteiger partial charge in [-0.25, -0.2) is 9.78 Å². The third-order valence-corrected chi connectivity index (χ3v) is 6.38. The molecular formula is C21H24N4O4S. The van der Waals surface area contributed by atoms with Crippen LogP contribution in [-0.2, 0) is 43.0 Å². The van der Waals surface area contributed by atoms with Crippen LogP contribution >= 0.6 is 11.8 Å². The van der Waals surface area contributed by atoms with Gasteiger partial charge >= 0.3 is 11.7 Å². The molecule has 1 aromatic carbocycles. The first-order valence-electron chi connectivity index (χ1n) is 9.97. The van der Waals surface area contributed by atoms with Crippen LogP contribution in [0.25, 0.3) is 11.2 Å². The van der Waals surface area contributed by atoms with Crippen LogP contribution in [0.3, 0.4) is 0 Å². The number of carbonyl (C=O) groups is 1. The Bertz CT molecular complexity index is 1220. The van der Waals surface area contributed by atoms with E-state index in [0.717, 1.165) is 22.3 Å². The highest BCUT2D eigenvalue weighted by Gasteiger charge is 2.15. The zero-order valence-corrected chi connectivity index (χ0v) is 17.9. The molecule has 0 N–H and O–H groups in total. The molecule has 0 fully saturated rings. The van der Waals surface area contributed by atoms with E-state index < -0.39 is 5.69 Å². The van der Waals surface area contributed by atoms with Crippen LogP contribution in [0.5, 0.6) is 0 Å². The lowest BCUT2D eigenvalue weighted by atomic mass is 10.1. The number of aromatic nitrogens is 4. The normalized spacial score (nSPS) is 13.0. The zero-order chi connectivity index (χ0) is 21.3. The molecule has 0 atom stereocenters. The molecule has 2 aromatic heterocycles. The van der Waals surface area contributed by atoms with E-state index in [1.54, 1.807) is 18.7 Å².